The van der Waals surface area contributed by atoms with Crippen LogP contribution in [0.3, 0.4) is 0 Å². The van der Waals surface area contributed by atoms with Gasteiger partial charge in [0.25, 0.3) is 0 Å². The molecule has 2 rings (SSSR count). The number of nitrogens with one attached hydrogen (secondary N) is 1. The number of aliphatic hydroxyl groups is 1. The van der Waals surface area contributed by atoms with E-state index in [1.807, 2.05) is 30.3 Å². The van der Waals surface area contributed by atoms with Gasteiger partial charge >= 0.3 is 0 Å². The van der Waals surface area contributed by atoms with Crippen molar-refractivity contribution in [2.45, 2.75) is 11.4 Å². The van der Waals surface area contributed by atoms with E-state index in [2.05, 4.69) is 4.72 Å². The van der Waals surface area contributed by atoms with Crippen LogP contribution < -0.4 is 9.46 Å². The molecule has 2 N–H and O–H groups in total. The molecule has 0 fully saturated rings. The summed E-state index contributed by atoms with van der Waals surface area (Å²) in [6.07, 6.45) is 0. The van der Waals surface area contributed by atoms with Crippen molar-refractivity contribution in [2.24, 2.45) is 0 Å². The fourth-order valence-corrected chi connectivity index (χ4v) is 2.75. The van der Waals surface area contributed by atoms with E-state index in [9.17, 15) is 8.42 Å². The zero-order valence-electron chi connectivity index (χ0n) is 11.4. The molecule has 5 nitrogen and oxygen atoms in total. The lowest BCUT2D eigenvalue weighted by Crippen LogP contribution is -2.23. The van der Waals surface area contributed by atoms with Crippen molar-refractivity contribution in [1.82, 2.24) is 4.72 Å². The third-order valence-electron chi connectivity index (χ3n) is 2.80. The van der Waals surface area contributed by atoms with Crippen molar-refractivity contribution in [3.05, 3.63) is 60.2 Å². The van der Waals surface area contributed by atoms with Crippen molar-refractivity contribution >= 4 is 10.0 Å². The Labute approximate surface area is 124 Å². The van der Waals surface area contributed by atoms with E-state index in [1.54, 1.807) is 12.1 Å². The molecule has 0 saturated carbocycles. The zero-order chi connectivity index (χ0) is 15.1. The number of aliphatic hydroxyl groups excluding tert-OH is 1. The van der Waals surface area contributed by atoms with Gasteiger partial charge in [0.05, 0.1) is 11.5 Å². The maximum absolute atomic E-state index is 12.1. The monoisotopic (exact) mass is 307 g/mol. The number of benzene rings is 2. The molecule has 0 bridgehead atoms. The molecule has 0 spiro atoms. The van der Waals surface area contributed by atoms with Crippen LogP contribution in [0.4, 0.5) is 0 Å². The third-order valence-corrected chi connectivity index (χ3v) is 4.22. The van der Waals surface area contributed by atoms with E-state index in [0.717, 1.165) is 5.56 Å². The van der Waals surface area contributed by atoms with Crippen LogP contribution in [0.2, 0.25) is 0 Å². The average Bonchev–Trinajstić information content (AvgIpc) is 2.52. The summed E-state index contributed by atoms with van der Waals surface area (Å²) >= 11 is 0. The number of sulfonamides is 1. The zero-order valence-corrected chi connectivity index (χ0v) is 12.2. The highest BCUT2D eigenvalue weighted by molar-refractivity contribution is 7.89. The van der Waals surface area contributed by atoms with Crippen LogP contribution >= 0.6 is 0 Å². The van der Waals surface area contributed by atoms with E-state index in [0.29, 0.717) is 5.75 Å². The smallest absolute Gasteiger partial charge is 0.240 e. The minimum atomic E-state index is -3.55. The van der Waals surface area contributed by atoms with Gasteiger partial charge in [-0.15, -0.1) is 0 Å². The van der Waals surface area contributed by atoms with Gasteiger partial charge in [-0.05, 0) is 29.8 Å². The molecule has 0 unspecified atom stereocenters. The van der Waals surface area contributed by atoms with E-state index >= 15 is 0 Å². The minimum absolute atomic E-state index is 0.0846. The summed E-state index contributed by atoms with van der Waals surface area (Å²) in [4.78, 5) is 0.176. The Kier molecular flexibility index (Phi) is 5.32. The molecular weight excluding hydrogens is 290 g/mol. The topological polar surface area (TPSA) is 75.6 Å². The Hall–Kier alpha value is -1.89. The summed E-state index contributed by atoms with van der Waals surface area (Å²) in [5.74, 6) is 0.519. The summed E-state index contributed by atoms with van der Waals surface area (Å²) in [5.41, 5.74) is 0.893. The van der Waals surface area contributed by atoms with Crippen LogP contribution in [0.25, 0.3) is 0 Å². The Morgan fingerprint density at radius 2 is 1.67 bits per heavy atom. The first-order valence-corrected chi connectivity index (χ1v) is 7.97. The molecule has 6 heteroatoms. The van der Waals surface area contributed by atoms with E-state index in [4.69, 9.17) is 9.84 Å². The molecule has 0 aliphatic rings. The Balaban J connectivity index is 2.02. The Morgan fingerprint density at radius 3 is 2.29 bits per heavy atom. The van der Waals surface area contributed by atoms with Crippen molar-refractivity contribution < 1.29 is 18.3 Å². The second-order valence-corrected chi connectivity index (χ2v) is 6.12. The summed E-state index contributed by atoms with van der Waals surface area (Å²) in [6.45, 7) is 0.336. The van der Waals surface area contributed by atoms with Crippen LogP contribution in [0.5, 0.6) is 5.75 Å². The van der Waals surface area contributed by atoms with Crippen LogP contribution in [0, 0.1) is 0 Å². The van der Waals surface area contributed by atoms with Crippen LogP contribution in [-0.2, 0) is 16.6 Å². The maximum Gasteiger partial charge on any atom is 0.240 e. The lowest BCUT2D eigenvalue weighted by molar-refractivity contribution is 0.201. The minimum Gasteiger partial charge on any atom is -0.491 e. The molecule has 0 amide bonds. The molecule has 112 valence electrons. The second-order valence-electron chi connectivity index (χ2n) is 4.35. The fraction of sp³-hybridized carbons (Fsp3) is 0.200. The highest BCUT2D eigenvalue weighted by Crippen LogP contribution is 2.16. The lowest BCUT2D eigenvalue weighted by atomic mass is 10.2. The molecule has 0 heterocycles. The molecule has 0 radical (unpaired) electrons. The predicted octanol–water partition coefficient (Wildman–Crippen LogP) is 1.54. The van der Waals surface area contributed by atoms with Crippen molar-refractivity contribution in [3.63, 3.8) is 0 Å². The third kappa shape index (κ3) is 4.56. The van der Waals surface area contributed by atoms with E-state index in [1.165, 1.54) is 12.1 Å². The van der Waals surface area contributed by atoms with Gasteiger partial charge in [0.1, 0.15) is 12.4 Å². The normalized spacial score (nSPS) is 11.3. The van der Waals surface area contributed by atoms with Gasteiger partial charge in [-0.25, -0.2) is 13.1 Å². The first-order valence-electron chi connectivity index (χ1n) is 6.49. The van der Waals surface area contributed by atoms with Crippen LogP contribution in [-0.4, -0.2) is 26.7 Å². The SMILES string of the molecule is O=S(=O)(NCc1ccccc1)c1ccc(OCCO)cc1. The van der Waals surface area contributed by atoms with Crippen molar-refractivity contribution in [3.8, 4) is 5.75 Å². The molecule has 0 aromatic heterocycles. The molecule has 21 heavy (non-hydrogen) atoms. The van der Waals surface area contributed by atoms with Gasteiger partial charge in [-0.3, -0.25) is 0 Å². The van der Waals surface area contributed by atoms with Crippen LogP contribution in [0.1, 0.15) is 5.56 Å². The highest BCUT2D eigenvalue weighted by Gasteiger charge is 2.13. The predicted molar refractivity (Wildman–Crippen MR) is 79.5 cm³/mol. The number of hydrogen-bond donors (Lipinski definition) is 2. The first-order chi connectivity index (χ1) is 10.1. The lowest BCUT2D eigenvalue weighted by Gasteiger charge is -2.08. The molecule has 0 saturated heterocycles. The van der Waals surface area contributed by atoms with Gasteiger partial charge in [0, 0.05) is 6.54 Å². The quantitative estimate of drug-likeness (QED) is 0.813. The van der Waals surface area contributed by atoms with Gasteiger partial charge in [0.15, 0.2) is 0 Å². The number of ether oxygens (including phenoxy) is 1. The van der Waals surface area contributed by atoms with E-state index < -0.39 is 10.0 Å². The molecule has 2 aromatic rings. The molecule has 2 aromatic carbocycles. The number of rotatable bonds is 7. The Morgan fingerprint density at radius 1 is 1.00 bits per heavy atom. The van der Waals surface area contributed by atoms with Crippen molar-refractivity contribution in [1.29, 1.82) is 0 Å². The molecular formula is C15H17NO4S. The largest absolute Gasteiger partial charge is 0.491 e. The van der Waals surface area contributed by atoms with Gasteiger partial charge in [0.2, 0.25) is 10.0 Å². The Bertz CT molecular complexity index is 654. The first kappa shape index (κ1) is 15.5. The molecule has 0 aliphatic heterocycles. The average molecular weight is 307 g/mol. The summed E-state index contributed by atoms with van der Waals surface area (Å²) in [6, 6.07) is 15.4. The summed E-state index contributed by atoms with van der Waals surface area (Å²) in [7, 11) is -3.55. The highest BCUT2D eigenvalue weighted by atomic mass is 32.2. The molecule has 0 aliphatic carbocycles. The maximum atomic E-state index is 12.1. The summed E-state index contributed by atoms with van der Waals surface area (Å²) < 4.78 is 32.0. The van der Waals surface area contributed by atoms with Crippen molar-refractivity contribution in [2.75, 3.05) is 13.2 Å². The number of hydrogen-bond acceptors (Lipinski definition) is 4. The summed E-state index contributed by atoms with van der Waals surface area (Å²) in [5, 5.41) is 8.66. The fourth-order valence-electron chi connectivity index (χ4n) is 1.74. The van der Waals surface area contributed by atoms with Crippen LogP contribution in [0.15, 0.2) is 59.5 Å². The second kappa shape index (κ2) is 7.21. The standard InChI is InChI=1S/C15H17NO4S/c17-10-11-20-14-6-8-15(9-7-14)21(18,19)16-12-13-4-2-1-3-5-13/h1-9,16-17H,10-12H2. The molecule has 0 atom stereocenters. The van der Waals surface area contributed by atoms with Gasteiger partial charge < -0.3 is 9.84 Å². The van der Waals surface area contributed by atoms with E-state index in [-0.39, 0.29) is 24.7 Å². The van der Waals surface area contributed by atoms with Gasteiger partial charge in [-0.1, -0.05) is 30.3 Å². The van der Waals surface area contributed by atoms with Gasteiger partial charge in [-0.2, -0.15) is 0 Å².